The summed E-state index contributed by atoms with van der Waals surface area (Å²) in [5.41, 5.74) is 1.75. The molecule has 0 aliphatic carbocycles. The van der Waals surface area contributed by atoms with Gasteiger partial charge in [0, 0.05) is 63.1 Å². The van der Waals surface area contributed by atoms with Gasteiger partial charge in [-0.15, -0.1) is 0 Å². The van der Waals surface area contributed by atoms with Crippen LogP contribution < -0.4 is 9.80 Å². The molecule has 2 saturated heterocycles. The van der Waals surface area contributed by atoms with Crippen LogP contribution in [0.5, 0.6) is 0 Å². The Bertz CT molecular complexity index is 848. The number of carbonyl (C=O) groups excluding carboxylic acids is 1. The van der Waals surface area contributed by atoms with Gasteiger partial charge in [0.05, 0.1) is 12.2 Å². The maximum atomic E-state index is 14.0. The van der Waals surface area contributed by atoms with Gasteiger partial charge in [0.1, 0.15) is 5.82 Å². The molecule has 5 nitrogen and oxygen atoms in total. The Balaban J connectivity index is 1.24. The van der Waals surface area contributed by atoms with Crippen LogP contribution >= 0.6 is 11.6 Å². The zero-order valence-electron chi connectivity index (χ0n) is 16.4. The molecule has 0 aromatic heterocycles. The molecule has 2 aliphatic heterocycles. The third-order valence-electron chi connectivity index (χ3n) is 5.73. The second-order valence-corrected chi connectivity index (χ2v) is 8.00. The van der Waals surface area contributed by atoms with E-state index in [2.05, 4.69) is 15.9 Å². The summed E-state index contributed by atoms with van der Waals surface area (Å²) in [5.74, 6) is -0.0424. The quantitative estimate of drug-likeness (QED) is 0.766. The van der Waals surface area contributed by atoms with Crippen molar-refractivity contribution < 1.29 is 9.18 Å². The van der Waals surface area contributed by atoms with Crippen molar-refractivity contribution in [2.75, 3.05) is 68.7 Å². The van der Waals surface area contributed by atoms with Gasteiger partial charge >= 0.3 is 0 Å². The van der Waals surface area contributed by atoms with Crippen LogP contribution in [0.2, 0.25) is 5.02 Å². The molecule has 2 aromatic rings. The zero-order valence-corrected chi connectivity index (χ0v) is 17.2. The highest BCUT2D eigenvalue weighted by atomic mass is 35.5. The largest absolute Gasteiger partial charge is 0.369 e. The minimum absolute atomic E-state index is 0.161. The second kappa shape index (κ2) is 9.01. The van der Waals surface area contributed by atoms with Crippen LogP contribution in [0, 0.1) is 5.82 Å². The van der Waals surface area contributed by atoms with E-state index in [-0.39, 0.29) is 11.7 Å². The first kappa shape index (κ1) is 20.0. The van der Waals surface area contributed by atoms with Gasteiger partial charge in [0.2, 0.25) is 5.91 Å². The minimum Gasteiger partial charge on any atom is -0.369 e. The van der Waals surface area contributed by atoms with Gasteiger partial charge in [-0.2, -0.15) is 0 Å². The summed E-state index contributed by atoms with van der Waals surface area (Å²) >= 11 is 6.09. The van der Waals surface area contributed by atoms with E-state index >= 15 is 0 Å². The first-order chi connectivity index (χ1) is 14.1. The van der Waals surface area contributed by atoms with Crippen molar-refractivity contribution in [2.45, 2.75) is 0 Å². The summed E-state index contributed by atoms with van der Waals surface area (Å²) in [7, 11) is 0. The summed E-state index contributed by atoms with van der Waals surface area (Å²) in [6, 6.07) is 14.7. The molecule has 154 valence electrons. The van der Waals surface area contributed by atoms with Gasteiger partial charge in [0.15, 0.2) is 0 Å². The van der Waals surface area contributed by atoms with Crippen molar-refractivity contribution in [1.29, 1.82) is 0 Å². The van der Waals surface area contributed by atoms with Crippen LogP contribution in [0.3, 0.4) is 0 Å². The first-order valence-corrected chi connectivity index (χ1v) is 10.5. The molecular formula is C22H26ClFN4O. The predicted octanol–water partition coefficient (Wildman–Crippen LogP) is 2.95. The average molecular weight is 417 g/mol. The van der Waals surface area contributed by atoms with Crippen LogP contribution in [0.25, 0.3) is 0 Å². The van der Waals surface area contributed by atoms with Crippen molar-refractivity contribution in [3.63, 3.8) is 0 Å². The van der Waals surface area contributed by atoms with E-state index in [1.54, 1.807) is 12.1 Å². The fourth-order valence-corrected chi connectivity index (χ4v) is 4.22. The number of halogens is 2. The number of nitrogens with zero attached hydrogens (tertiary/aromatic N) is 4. The molecule has 4 rings (SSSR count). The van der Waals surface area contributed by atoms with E-state index < -0.39 is 0 Å². The van der Waals surface area contributed by atoms with E-state index in [0.717, 1.165) is 36.9 Å². The van der Waals surface area contributed by atoms with Gasteiger partial charge in [-0.05, 0) is 30.3 Å². The van der Waals surface area contributed by atoms with Gasteiger partial charge < -0.3 is 14.7 Å². The summed E-state index contributed by atoms with van der Waals surface area (Å²) < 4.78 is 14.0. The molecule has 2 aromatic carbocycles. The third-order valence-corrected chi connectivity index (χ3v) is 5.97. The van der Waals surface area contributed by atoms with Gasteiger partial charge in [0.25, 0.3) is 0 Å². The SMILES string of the molecule is O=C(CN1CCN(c2cccc(Cl)c2)CC1)N1CCN(c2ccccc2F)CC1. The number of anilines is 2. The van der Waals surface area contributed by atoms with E-state index in [1.807, 2.05) is 34.1 Å². The molecule has 0 bridgehead atoms. The molecule has 2 aliphatic rings. The standard InChI is InChI=1S/C22H26ClFN4O/c23-18-4-3-5-19(16-18)26-10-8-25(9-11-26)17-22(29)28-14-12-27(13-15-28)21-7-2-1-6-20(21)24/h1-7,16H,8-15,17H2. The second-order valence-electron chi connectivity index (χ2n) is 7.56. The van der Waals surface area contributed by atoms with Crippen molar-refractivity contribution in [1.82, 2.24) is 9.80 Å². The molecular weight excluding hydrogens is 391 g/mol. The number of carbonyl (C=O) groups is 1. The highest BCUT2D eigenvalue weighted by Gasteiger charge is 2.25. The Morgan fingerprint density at radius 3 is 2.24 bits per heavy atom. The number of hydrogen-bond donors (Lipinski definition) is 0. The number of amides is 1. The lowest BCUT2D eigenvalue weighted by Gasteiger charge is -2.39. The van der Waals surface area contributed by atoms with Crippen LogP contribution in [-0.2, 0) is 4.79 Å². The Morgan fingerprint density at radius 1 is 0.862 bits per heavy atom. The maximum absolute atomic E-state index is 14.0. The Labute approximate surface area is 176 Å². The summed E-state index contributed by atoms with van der Waals surface area (Å²) in [6.45, 7) is 6.52. The summed E-state index contributed by atoms with van der Waals surface area (Å²) in [4.78, 5) is 21.2. The lowest BCUT2D eigenvalue weighted by Crippen LogP contribution is -2.54. The van der Waals surface area contributed by atoms with Crippen LogP contribution in [0.1, 0.15) is 0 Å². The molecule has 2 fully saturated rings. The molecule has 0 spiro atoms. The van der Waals surface area contributed by atoms with Gasteiger partial charge in [-0.1, -0.05) is 29.8 Å². The van der Waals surface area contributed by atoms with E-state index in [9.17, 15) is 9.18 Å². The van der Waals surface area contributed by atoms with Crippen LogP contribution in [0.4, 0.5) is 15.8 Å². The Morgan fingerprint density at radius 2 is 1.55 bits per heavy atom. The molecule has 1 amide bonds. The molecule has 29 heavy (non-hydrogen) atoms. The minimum atomic E-state index is -0.204. The normalized spacial score (nSPS) is 18.2. The predicted molar refractivity (Wildman–Crippen MR) is 115 cm³/mol. The molecule has 7 heteroatoms. The zero-order chi connectivity index (χ0) is 20.2. The van der Waals surface area contributed by atoms with Gasteiger partial charge in [-0.25, -0.2) is 4.39 Å². The number of hydrogen-bond acceptors (Lipinski definition) is 4. The topological polar surface area (TPSA) is 30.0 Å². The molecule has 0 unspecified atom stereocenters. The van der Waals surface area contributed by atoms with Gasteiger partial charge in [-0.3, -0.25) is 9.69 Å². The number of piperazine rings is 2. The van der Waals surface area contributed by atoms with Crippen molar-refractivity contribution in [2.24, 2.45) is 0 Å². The maximum Gasteiger partial charge on any atom is 0.236 e. The van der Waals surface area contributed by atoms with Crippen LogP contribution in [0.15, 0.2) is 48.5 Å². The summed E-state index contributed by atoms with van der Waals surface area (Å²) in [5, 5.41) is 0.745. The van der Waals surface area contributed by atoms with E-state index in [4.69, 9.17) is 11.6 Å². The van der Waals surface area contributed by atoms with Crippen molar-refractivity contribution in [3.8, 4) is 0 Å². The van der Waals surface area contributed by atoms with E-state index in [1.165, 1.54) is 6.07 Å². The highest BCUT2D eigenvalue weighted by Crippen LogP contribution is 2.22. The highest BCUT2D eigenvalue weighted by molar-refractivity contribution is 6.30. The Kier molecular flexibility index (Phi) is 6.21. The molecule has 0 N–H and O–H groups in total. The fourth-order valence-electron chi connectivity index (χ4n) is 4.03. The molecule has 2 heterocycles. The van der Waals surface area contributed by atoms with Crippen LogP contribution in [-0.4, -0.2) is 74.6 Å². The lowest BCUT2D eigenvalue weighted by atomic mass is 10.2. The first-order valence-electron chi connectivity index (χ1n) is 10.1. The summed E-state index contributed by atoms with van der Waals surface area (Å²) in [6.07, 6.45) is 0. The Hall–Kier alpha value is -2.31. The molecule has 0 radical (unpaired) electrons. The lowest BCUT2D eigenvalue weighted by molar-refractivity contribution is -0.132. The van der Waals surface area contributed by atoms with Crippen molar-refractivity contribution in [3.05, 3.63) is 59.4 Å². The smallest absolute Gasteiger partial charge is 0.236 e. The third kappa shape index (κ3) is 4.82. The number of benzene rings is 2. The number of rotatable bonds is 4. The van der Waals surface area contributed by atoms with E-state index in [0.29, 0.717) is 38.4 Å². The fraction of sp³-hybridized carbons (Fsp3) is 0.409. The molecule has 0 atom stereocenters. The number of para-hydroxylation sites is 1. The monoisotopic (exact) mass is 416 g/mol. The average Bonchev–Trinajstić information content (AvgIpc) is 2.75. The molecule has 0 saturated carbocycles. The van der Waals surface area contributed by atoms with Crippen molar-refractivity contribution >= 4 is 28.9 Å².